The Morgan fingerprint density at radius 3 is 2.48 bits per heavy atom. The van der Waals surface area contributed by atoms with Crippen LogP contribution in [-0.2, 0) is 0 Å². The molecule has 0 spiro atoms. The molecule has 1 aromatic carbocycles. The van der Waals surface area contributed by atoms with Gasteiger partial charge in [0, 0.05) is 11.8 Å². The number of aromatic amines is 1. The van der Waals surface area contributed by atoms with Crippen LogP contribution in [-0.4, -0.2) is 27.5 Å². The molecule has 0 aliphatic rings. The fourth-order valence-electron chi connectivity index (χ4n) is 2.13. The molecule has 21 heavy (non-hydrogen) atoms. The minimum Gasteiger partial charge on any atom is -0.309 e. The van der Waals surface area contributed by atoms with Crippen molar-refractivity contribution in [2.75, 3.05) is 12.3 Å². The molecule has 0 bridgehead atoms. The minimum absolute atomic E-state index is 0.335. The van der Waals surface area contributed by atoms with Crippen molar-refractivity contribution in [1.29, 1.82) is 0 Å². The van der Waals surface area contributed by atoms with Crippen molar-refractivity contribution in [3.63, 3.8) is 0 Å². The fourth-order valence-corrected chi connectivity index (χ4v) is 3.00. The number of H-pyrrole nitrogens is 1. The summed E-state index contributed by atoms with van der Waals surface area (Å²) in [5.74, 6) is 1.51. The highest BCUT2D eigenvalue weighted by atomic mass is 32.2. The lowest BCUT2D eigenvalue weighted by atomic mass is 9.99. The van der Waals surface area contributed by atoms with Gasteiger partial charge in [0.05, 0.1) is 0 Å². The average Bonchev–Trinajstić information content (AvgIpc) is 3.01. The molecule has 2 N–H and O–H groups in total. The Morgan fingerprint density at radius 2 is 1.90 bits per heavy atom. The lowest BCUT2D eigenvalue weighted by molar-refractivity contribution is 0.577. The molecule has 114 valence electrons. The molecule has 0 fully saturated rings. The van der Waals surface area contributed by atoms with Crippen LogP contribution in [0.25, 0.3) is 0 Å². The van der Waals surface area contributed by atoms with Crippen molar-refractivity contribution in [2.24, 2.45) is 0 Å². The number of benzene rings is 1. The van der Waals surface area contributed by atoms with Crippen molar-refractivity contribution in [1.82, 2.24) is 20.5 Å². The van der Waals surface area contributed by atoms with E-state index < -0.39 is 0 Å². The van der Waals surface area contributed by atoms with Gasteiger partial charge in [-0.1, -0.05) is 56.8 Å². The predicted octanol–water partition coefficient (Wildman–Crippen LogP) is 3.76. The Labute approximate surface area is 131 Å². The summed E-state index contributed by atoms with van der Waals surface area (Å²) >= 11 is 1.70. The van der Waals surface area contributed by atoms with Gasteiger partial charge in [-0.3, -0.25) is 5.10 Å². The van der Waals surface area contributed by atoms with E-state index in [1.807, 2.05) is 0 Å². The van der Waals surface area contributed by atoms with E-state index in [2.05, 4.69) is 65.5 Å². The Bertz CT molecular complexity index is 508. The largest absolute Gasteiger partial charge is 0.309 e. The average molecular weight is 304 g/mol. The van der Waals surface area contributed by atoms with Crippen LogP contribution in [0.1, 0.15) is 50.3 Å². The van der Waals surface area contributed by atoms with E-state index in [0.717, 1.165) is 23.9 Å². The predicted molar refractivity (Wildman–Crippen MR) is 88.7 cm³/mol. The minimum atomic E-state index is 0.335. The van der Waals surface area contributed by atoms with Gasteiger partial charge in [-0.05, 0) is 30.0 Å². The maximum atomic E-state index is 4.17. The highest BCUT2D eigenvalue weighted by Gasteiger charge is 2.12. The quantitative estimate of drug-likeness (QED) is 0.729. The third-order valence-corrected chi connectivity index (χ3v) is 4.40. The first kappa shape index (κ1) is 16.0. The first-order chi connectivity index (χ1) is 10.2. The van der Waals surface area contributed by atoms with Gasteiger partial charge in [-0.2, -0.15) is 5.10 Å². The molecule has 5 heteroatoms. The van der Waals surface area contributed by atoms with Crippen LogP contribution in [0.15, 0.2) is 35.7 Å². The third-order valence-electron chi connectivity index (χ3n) is 3.43. The van der Waals surface area contributed by atoms with Crippen LogP contribution in [0.2, 0.25) is 0 Å². The van der Waals surface area contributed by atoms with E-state index >= 15 is 0 Å². The summed E-state index contributed by atoms with van der Waals surface area (Å²) in [6, 6.07) is 9.29. The number of aromatic nitrogens is 3. The summed E-state index contributed by atoms with van der Waals surface area (Å²) in [5.41, 5.74) is 2.72. The highest BCUT2D eigenvalue weighted by molar-refractivity contribution is 7.99. The Balaban J connectivity index is 2.03. The van der Waals surface area contributed by atoms with Gasteiger partial charge in [0.25, 0.3) is 0 Å². The van der Waals surface area contributed by atoms with E-state index in [9.17, 15) is 0 Å². The summed E-state index contributed by atoms with van der Waals surface area (Å²) in [4.78, 5) is 4.17. The van der Waals surface area contributed by atoms with E-state index in [1.165, 1.54) is 11.1 Å². The molecular weight excluding hydrogens is 280 g/mol. The Hall–Kier alpha value is -1.33. The smallest absolute Gasteiger partial charge is 0.183 e. The lowest BCUT2D eigenvalue weighted by Crippen LogP contribution is -2.24. The van der Waals surface area contributed by atoms with Gasteiger partial charge in [-0.15, -0.1) is 0 Å². The van der Waals surface area contributed by atoms with E-state index in [-0.39, 0.29) is 0 Å². The number of rotatable bonds is 8. The molecule has 1 heterocycles. The maximum absolute atomic E-state index is 4.17. The van der Waals surface area contributed by atoms with Crippen LogP contribution in [0.3, 0.4) is 0 Å². The first-order valence-corrected chi connectivity index (χ1v) is 8.50. The molecule has 1 atom stereocenters. The highest BCUT2D eigenvalue weighted by Crippen LogP contribution is 2.24. The number of hydrogen-bond acceptors (Lipinski definition) is 4. The SMILES string of the molecule is CCCNC(CSc1ncn[nH]1)c1ccc(C(C)C)cc1. The first-order valence-electron chi connectivity index (χ1n) is 7.52. The monoisotopic (exact) mass is 304 g/mol. The molecule has 0 aliphatic carbocycles. The van der Waals surface area contributed by atoms with Crippen LogP contribution in [0, 0.1) is 0 Å². The van der Waals surface area contributed by atoms with Crippen LogP contribution in [0.4, 0.5) is 0 Å². The second kappa shape index (κ2) is 8.20. The molecule has 2 aromatic rings. The van der Waals surface area contributed by atoms with Crippen molar-refractivity contribution >= 4 is 11.8 Å². The number of nitrogens with one attached hydrogen (secondary N) is 2. The zero-order chi connectivity index (χ0) is 15.1. The Morgan fingerprint density at radius 1 is 1.19 bits per heavy atom. The molecular formula is C16H24N4S. The van der Waals surface area contributed by atoms with Gasteiger partial charge in [0.2, 0.25) is 0 Å². The zero-order valence-corrected chi connectivity index (χ0v) is 13.8. The van der Waals surface area contributed by atoms with Crippen LogP contribution in [0.5, 0.6) is 0 Å². The van der Waals surface area contributed by atoms with Gasteiger partial charge >= 0.3 is 0 Å². The van der Waals surface area contributed by atoms with Crippen molar-refractivity contribution in [3.05, 3.63) is 41.7 Å². The van der Waals surface area contributed by atoms with Gasteiger partial charge in [0.15, 0.2) is 5.16 Å². The van der Waals surface area contributed by atoms with Gasteiger partial charge in [0.1, 0.15) is 6.33 Å². The van der Waals surface area contributed by atoms with Crippen LogP contribution >= 0.6 is 11.8 Å². The summed E-state index contributed by atoms with van der Waals surface area (Å²) in [7, 11) is 0. The molecule has 0 aliphatic heterocycles. The second-order valence-corrected chi connectivity index (χ2v) is 6.44. The zero-order valence-electron chi connectivity index (χ0n) is 13.0. The summed E-state index contributed by atoms with van der Waals surface area (Å²) in [6.07, 6.45) is 2.68. The van der Waals surface area contributed by atoms with Crippen molar-refractivity contribution in [2.45, 2.75) is 44.3 Å². The lowest BCUT2D eigenvalue weighted by Gasteiger charge is -2.19. The van der Waals surface area contributed by atoms with E-state index in [4.69, 9.17) is 0 Å². The Kier molecular flexibility index (Phi) is 6.26. The normalized spacial score (nSPS) is 12.8. The van der Waals surface area contributed by atoms with Crippen molar-refractivity contribution < 1.29 is 0 Å². The molecule has 0 amide bonds. The summed E-state index contributed by atoms with van der Waals surface area (Å²) < 4.78 is 0. The second-order valence-electron chi connectivity index (χ2n) is 5.43. The van der Waals surface area contributed by atoms with Gasteiger partial charge in [-0.25, -0.2) is 4.98 Å². The van der Waals surface area contributed by atoms with Gasteiger partial charge < -0.3 is 5.32 Å². The third kappa shape index (κ3) is 4.86. The van der Waals surface area contributed by atoms with E-state index in [1.54, 1.807) is 18.1 Å². The molecule has 4 nitrogen and oxygen atoms in total. The molecule has 0 radical (unpaired) electrons. The molecule has 0 saturated heterocycles. The number of thioether (sulfide) groups is 1. The molecule has 0 saturated carbocycles. The standard InChI is InChI=1S/C16H24N4S/c1-4-9-17-15(10-21-16-18-11-19-20-16)14-7-5-13(6-8-14)12(2)3/h5-8,11-12,15,17H,4,9-10H2,1-3H3,(H,18,19,20). The van der Waals surface area contributed by atoms with E-state index in [0.29, 0.717) is 12.0 Å². The van der Waals surface area contributed by atoms with Crippen LogP contribution < -0.4 is 5.32 Å². The number of hydrogen-bond donors (Lipinski definition) is 2. The topological polar surface area (TPSA) is 53.6 Å². The van der Waals surface area contributed by atoms with Crippen molar-refractivity contribution in [3.8, 4) is 0 Å². The summed E-state index contributed by atoms with van der Waals surface area (Å²) in [6.45, 7) is 7.66. The number of nitrogens with zero attached hydrogens (tertiary/aromatic N) is 2. The maximum Gasteiger partial charge on any atom is 0.183 e. The molecule has 2 rings (SSSR count). The summed E-state index contributed by atoms with van der Waals surface area (Å²) in [5, 5.41) is 11.3. The molecule has 1 aromatic heterocycles. The fraction of sp³-hybridized carbons (Fsp3) is 0.500. The molecule has 1 unspecified atom stereocenters.